The average Bonchev–Trinajstić information content (AvgIpc) is 2.25. The molecular formula is C10H12Cl2N4OS. The molecule has 0 saturated carbocycles. The number of hydrogen-bond donors (Lipinski definition) is 3. The van der Waals surface area contributed by atoms with Crippen molar-refractivity contribution in [1.29, 1.82) is 5.41 Å². The summed E-state index contributed by atoms with van der Waals surface area (Å²) in [5.74, 6) is 0.957. The van der Waals surface area contributed by atoms with Gasteiger partial charge in [0.2, 0.25) is 0 Å². The zero-order valence-corrected chi connectivity index (χ0v) is 11.6. The van der Waals surface area contributed by atoms with Crippen molar-refractivity contribution in [3.63, 3.8) is 0 Å². The predicted molar refractivity (Wildman–Crippen MR) is 78.0 cm³/mol. The van der Waals surface area contributed by atoms with Crippen LogP contribution in [-0.4, -0.2) is 23.5 Å². The Morgan fingerprint density at radius 1 is 1.39 bits per heavy atom. The Balaban J connectivity index is 2.34. The lowest BCUT2D eigenvalue weighted by atomic mass is 10.3. The van der Waals surface area contributed by atoms with Gasteiger partial charge in [0.05, 0.1) is 11.6 Å². The first-order chi connectivity index (χ1) is 8.49. The fourth-order valence-electron chi connectivity index (χ4n) is 1.03. The van der Waals surface area contributed by atoms with Gasteiger partial charge in [-0.25, -0.2) is 0 Å². The zero-order chi connectivity index (χ0) is 13.5. The molecule has 1 aromatic rings. The molecule has 0 fully saturated rings. The second-order valence-corrected chi connectivity index (χ2v) is 5.04. The van der Waals surface area contributed by atoms with E-state index >= 15 is 0 Å². The van der Waals surface area contributed by atoms with Crippen LogP contribution >= 0.6 is 35.0 Å². The van der Waals surface area contributed by atoms with Gasteiger partial charge in [-0.1, -0.05) is 35.0 Å². The van der Waals surface area contributed by atoms with Gasteiger partial charge in [-0.05, 0) is 18.2 Å². The first-order valence-electron chi connectivity index (χ1n) is 4.88. The SMILES string of the molecule is N=C(N=C(N)N)SCCOc1ccc(Cl)cc1Cl. The van der Waals surface area contributed by atoms with E-state index < -0.39 is 0 Å². The van der Waals surface area contributed by atoms with E-state index in [2.05, 4.69) is 4.99 Å². The molecule has 5 nitrogen and oxygen atoms in total. The largest absolute Gasteiger partial charge is 0.491 e. The summed E-state index contributed by atoms with van der Waals surface area (Å²) in [4.78, 5) is 3.57. The number of guanidine groups is 1. The Morgan fingerprint density at radius 2 is 2.11 bits per heavy atom. The fraction of sp³-hybridized carbons (Fsp3) is 0.200. The molecule has 0 aliphatic carbocycles. The summed E-state index contributed by atoms with van der Waals surface area (Å²) in [5, 5.41) is 8.43. The summed E-state index contributed by atoms with van der Waals surface area (Å²) < 4.78 is 5.43. The van der Waals surface area contributed by atoms with E-state index in [1.807, 2.05) is 0 Å². The average molecular weight is 307 g/mol. The van der Waals surface area contributed by atoms with E-state index in [-0.39, 0.29) is 11.1 Å². The van der Waals surface area contributed by atoms with Gasteiger partial charge in [0, 0.05) is 10.8 Å². The number of benzene rings is 1. The molecule has 0 amide bonds. The standard InChI is InChI=1S/C10H12Cl2N4OS/c11-6-1-2-8(7(12)5-6)17-3-4-18-10(15)16-9(13)14/h1-2,5H,3-4H2,(H5,13,14,15,16). The van der Waals surface area contributed by atoms with Gasteiger partial charge in [-0.15, -0.1) is 0 Å². The minimum atomic E-state index is -0.130. The van der Waals surface area contributed by atoms with E-state index in [0.717, 1.165) is 0 Å². The monoisotopic (exact) mass is 306 g/mol. The first kappa shape index (κ1) is 14.9. The van der Waals surface area contributed by atoms with Gasteiger partial charge in [-0.2, -0.15) is 4.99 Å². The number of halogens is 2. The maximum atomic E-state index is 7.39. The van der Waals surface area contributed by atoms with Gasteiger partial charge >= 0.3 is 0 Å². The predicted octanol–water partition coefficient (Wildman–Crippen LogP) is 2.31. The molecule has 0 saturated heterocycles. The molecule has 18 heavy (non-hydrogen) atoms. The molecule has 0 bridgehead atoms. The molecule has 0 heterocycles. The van der Waals surface area contributed by atoms with E-state index in [9.17, 15) is 0 Å². The second kappa shape index (κ2) is 7.35. The van der Waals surface area contributed by atoms with Crippen molar-refractivity contribution in [3.8, 4) is 5.75 Å². The number of nitrogens with zero attached hydrogens (tertiary/aromatic N) is 1. The second-order valence-electron chi connectivity index (χ2n) is 3.11. The number of rotatable bonds is 4. The number of hydrogen-bond acceptors (Lipinski definition) is 3. The van der Waals surface area contributed by atoms with Gasteiger partial charge in [0.15, 0.2) is 11.1 Å². The lowest BCUT2D eigenvalue weighted by Crippen LogP contribution is -2.23. The van der Waals surface area contributed by atoms with Crippen LogP contribution in [0.1, 0.15) is 0 Å². The summed E-state index contributed by atoms with van der Waals surface area (Å²) in [7, 11) is 0. The highest BCUT2D eigenvalue weighted by atomic mass is 35.5. The van der Waals surface area contributed by atoms with Gasteiger partial charge in [0.25, 0.3) is 0 Å². The van der Waals surface area contributed by atoms with Crippen LogP contribution in [-0.2, 0) is 0 Å². The first-order valence-corrected chi connectivity index (χ1v) is 6.62. The number of aliphatic imine (C=N–C) groups is 1. The molecule has 98 valence electrons. The number of thioether (sulfide) groups is 1. The summed E-state index contributed by atoms with van der Waals surface area (Å²) in [6.07, 6.45) is 0. The smallest absolute Gasteiger partial charge is 0.193 e. The van der Waals surface area contributed by atoms with Crippen molar-refractivity contribution in [2.45, 2.75) is 0 Å². The summed E-state index contributed by atoms with van der Waals surface area (Å²) >= 11 is 12.9. The Hall–Kier alpha value is -1.11. The zero-order valence-electron chi connectivity index (χ0n) is 9.32. The van der Waals surface area contributed by atoms with Crippen LogP contribution in [0.4, 0.5) is 0 Å². The Kier molecular flexibility index (Phi) is 6.11. The number of amidine groups is 1. The van der Waals surface area contributed by atoms with Crippen molar-refractivity contribution >= 4 is 46.1 Å². The molecule has 0 aromatic heterocycles. The quantitative estimate of drug-likeness (QED) is 0.452. The molecule has 1 aromatic carbocycles. The van der Waals surface area contributed by atoms with E-state index in [4.69, 9.17) is 44.8 Å². The maximum Gasteiger partial charge on any atom is 0.193 e. The van der Waals surface area contributed by atoms with Crippen LogP contribution in [0.25, 0.3) is 0 Å². The van der Waals surface area contributed by atoms with E-state index in [1.54, 1.807) is 18.2 Å². The Labute approximate surface area is 119 Å². The van der Waals surface area contributed by atoms with Gasteiger partial charge in [-0.3, -0.25) is 5.41 Å². The van der Waals surface area contributed by atoms with Crippen molar-refractivity contribution < 1.29 is 4.74 Å². The van der Waals surface area contributed by atoms with E-state index in [1.165, 1.54) is 11.8 Å². The fourth-order valence-corrected chi connectivity index (χ4v) is 2.02. The van der Waals surface area contributed by atoms with Crippen LogP contribution in [0.15, 0.2) is 23.2 Å². The van der Waals surface area contributed by atoms with E-state index in [0.29, 0.717) is 28.2 Å². The molecule has 0 aliphatic rings. The molecule has 8 heteroatoms. The summed E-state index contributed by atoms with van der Waals surface area (Å²) in [6, 6.07) is 4.99. The third-order valence-corrected chi connectivity index (χ3v) is 2.97. The Morgan fingerprint density at radius 3 is 2.72 bits per heavy atom. The molecule has 0 spiro atoms. The van der Waals surface area contributed by atoms with Crippen molar-refractivity contribution in [2.24, 2.45) is 16.5 Å². The molecule has 5 N–H and O–H groups in total. The lowest BCUT2D eigenvalue weighted by molar-refractivity contribution is 0.344. The highest BCUT2D eigenvalue weighted by Crippen LogP contribution is 2.27. The topological polar surface area (TPSA) is 97.5 Å². The van der Waals surface area contributed by atoms with Crippen molar-refractivity contribution in [3.05, 3.63) is 28.2 Å². The Bertz CT molecular complexity index is 463. The van der Waals surface area contributed by atoms with Crippen LogP contribution < -0.4 is 16.2 Å². The van der Waals surface area contributed by atoms with Gasteiger partial charge < -0.3 is 16.2 Å². The maximum absolute atomic E-state index is 7.39. The van der Waals surface area contributed by atoms with Crippen LogP contribution in [0, 0.1) is 5.41 Å². The molecule has 0 atom stereocenters. The third kappa shape index (κ3) is 5.48. The molecule has 0 unspecified atom stereocenters. The highest BCUT2D eigenvalue weighted by Gasteiger charge is 2.03. The van der Waals surface area contributed by atoms with Gasteiger partial charge in [0.1, 0.15) is 5.75 Å². The molecule has 0 radical (unpaired) electrons. The van der Waals surface area contributed by atoms with Crippen molar-refractivity contribution in [2.75, 3.05) is 12.4 Å². The van der Waals surface area contributed by atoms with Crippen LogP contribution in [0.3, 0.4) is 0 Å². The highest BCUT2D eigenvalue weighted by molar-refractivity contribution is 8.13. The molecular weight excluding hydrogens is 295 g/mol. The summed E-state index contributed by atoms with van der Waals surface area (Å²) in [5.41, 5.74) is 10.3. The minimum Gasteiger partial charge on any atom is -0.491 e. The number of nitrogens with one attached hydrogen (secondary N) is 1. The summed E-state index contributed by atoms with van der Waals surface area (Å²) in [6.45, 7) is 0.383. The normalized spacial score (nSPS) is 9.89. The number of nitrogens with two attached hydrogens (primary N) is 2. The van der Waals surface area contributed by atoms with Crippen LogP contribution in [0.2, 0.25) is 10.0 Å². The third-order valence-electron chi connectivity index (χ3n) is 1.70. The number of ether oxygens (including phenoxy) is 1. The van der Waals surface area contributed by atoms with Crippen LogP contribution in [0.5, 0.6) is 5.75 Å². The lowest BCUT2D eigenvalue weighted by Gasteiger charge is -2.07. The minimum absolute atomic E-state index is 0.0424. The molecule has 0 aliphatic heterocycles. The molecule has 1 rings (SSSR count). The van der Waals surface area contributed by atoms with Crippen molar-refractivity contribution in [1.82, 2.24) is 0 Å².